The molecule has 1 N–H and O–H groups in total. The van der Waals surface area contributed by atoms with Gasteiger partial charge in [-0.25, -0.2) is 0 Å². The first-order valence-corrected chi connectivity index (χ1v) is 6.97. The second-order valence-electron chi connectivity index (χ2n) is 5.28. The number of ether oxygens (including phenoxy) is 1. The Labute approximate surface area is 109 Å². The van der Waals surface area contributed by atoms with Gasteiger partial charge in [0.25, 0.3) is 0 Å². The lowest BCUT2D eigenvalue weighted by molar-refractivity contribution is -0.143. The van der Waals surface area contributed by atoms with Crippen LogP contribution in [0.4, 0.5) is 0 Å². The van der Waals surface area contributed by atoms with Crippen molar-refractivity contribution in [3.8, 4) is 0 Å². The second-order valence-corrected chi connectivity index (χ2v) is 5.28. The highest BCUT2D eigenvalue weighted by atomic mass is 16.5. The molecule has 5 heteroatoms. The Hall–Kier alpha value is -0.650. The van der Waals surface area contributed by atoms with Crippen LogP contribution in [0.3, 0.4) is 0 Å². The summed E-state index contributed by atoms with van der Waals surface area (Å²) in [6.45, 7) is 7.25. The predicted molar refractivity (Wildman–Crippen MR) is 68.7 cm³/mol. The maximum absolute atomic E-state index is 11.0. The molecular formula is C13H24N2O3. The summed E-state index contributed by atoms with van der Waals surface area (Å²) in [5, 5.41) is 9.01. The molecule has 2 aliphatic heterocycles. The van der Waals surface area contributed by atoms with Gasteiger partial charge in [0.05, 0.1) is 0 Å². The molecule has 0 aromatic rings. The molecule has 0 aromatic heterocycles. The molecule has 104 valence electrons. The normalized spacial score (nSPS) is 29.7. The predicted octanol–water partition coefficient (Wildman–Crippen LogP) is 0.646. The molecule has 2 saturated heterocycles. The van der Waals surface area contributed by atoms with E-state index in [0.29, 0.717) is 6.04 Å². The number of carboxylic acid groups (broad SMARTS) is 1. The van der Waals surface area contributed by atoms with Crippen molar-refractivity contribution in [3.63, 3.8) is 0 Å². The van der Waals surface area contributed by atoms with Gasteiger partial charge in [0.1, 0.15) is 6.04 Å². The van der Waals surface area contributed by atoms with E-state index >= 15 is 0 Å². The van der Waals surface area contributed by atoms with Crippen LogP contribution in [0, 0.1) is 0 Å². The molecule has 0 amide bonds. The summed E-state index contributed by atoms with van der Waals surface area (Å²) in [6.07, 6.45) is 3.49. The van der Waals surface area contributed by atoms with Crippen LogP contribution in [0.1, 0.15) is 26.2 Å². The van der Waals surface area contributed by atoms with Gasteiger partial charge in [0.15, 0.2) is 0 Å². The van der Waals surface area contributed by atoms with E-state index in [-0.39, 0.29) is 6.04 Å². The molecule has 2 unspecified atom stereocenters. The van der Waals surface area contributed by atoms with Gasteiger partial charge >= 0.3 is 5.97 Å². The summed E-state index contributed by atoms with van der Waals surface area (Å²) < 4.78 is 5.49. The van der Waals surface area contributed by atoms with Gasteiger partial charge in [-0.1, -0.05) is 0 Å². The minimum Gasteiger partial charge on any atom is -0.480 e. The molecular weight excluding hydrogens is 232 g/mol. The van der Waals surface area contributed by atoms with Crippen LogP contribution in [0.2, 0.25) is 0 Å². The molecule has 18 heavy (non-hydrogen) atoms. The summed E-state index contributed by atoms with van der Waals surface area (Å²) in [7, 11) is 0. The summed E-state index contributed by atoms with van der Waals surface area (Å²) >= 11 is 0. The first-order chi connectivity index (χ1) is 8.68. The molecule has 5 nitrogen and oxygen atoms in total. The Bertz CT molecular complexity index is 269. The summed E-state index contributed by atoms with van der Waals surface area (Å²) in [5.41, 5.74) is 0. The Morgan fingerprint density at radius 1 is 1.22 bits per heavy atom. The number of carboxylic acids is 1. The molecule has 2 atom stereocenters. The van der Waals surface area contributed by atoms with Crippen molar-refractivity contribution in [1.29, 1.82) is 0 Å². The molecule has 0 aromatic carbocycles. The lowest BCUT2D eigenvalue weighted by Crippen LogP contribution is -2.54. The fourth-order valence-electron chi connectivity index (χ4n) is 2.90. The lowest BCUT2D eigenvalue weighted by Gasteiger charge is -2.40. The molecule has 0 bridgehead atoms. The number of aliphatic carboxylic acids is 1. The van der Waals surface area contributed by atoms with Crippen LogP contribution in [0.5, 0.6) is 0 Å². The van der Waals surface area contributed by atoms with Crippen LogP contribution >= 0.6 is 0 Å². The first kappa shape index (κ1) is 13.8. The van der Waals surface area contributed by atoms with E-state index in [0.717, 1.165) is 52.2 Å². The Morgan fingerprint density at radius 2 is 1.94 bits per heavy atom. The third-order valence-electron chi connectivity index (χ3n) is 4.19. The third-order valence-corrected chi connectivity index (χ3v) is 4.19. The Kier molecular flexibility index (Phi) is 4.97. The number of piperazine rings is 1. The second kappa shape index (κ2) is 6.50. The topological polar surface area (TPSA) is 53.0 Å². The third kappa shape index (κ3) is 3.43. The van der Waals surface area contributed by atoms with Crippen molar-refractivity contribution in [2.24, 2.45) is 0 Å². The highest BCUT2D eigenvalue weighted by Gasteiger charge is 2.28. The largest absolute Gasteiger partial charge is 0.480 e. The molecule has 0 saturated carbocycles. The molecule has 0 aliphatic carbocycles. The van der Waals surface area contributed by atoms with E-state index in [1.807, 2.05) is 0 Å². The zero-order chi connectivity index (χ0) is 13.0. The molecule has 2 aliphatic rings. The van der Waals surface area contributed by atoms with E-state index in [4.69, 9.17) is 9.84 Å². The van der Waals surface area contributed by atoms with Crippen molar-refractivity contribution in [2.75, 3.05) is 39.4 Å². The number of hydrogen-bond donors (Lipinski definition) is 1. The SMILES string of the molecule is CC(C(=O)O)N1CCN(C2CCCOCC2)CC1. The van der Waals surface area contributed by atoms with Crippen LogP contribution in [0.25, 0.3) is 0 Å². The summed E-state index contributed by atoms with van der Waals surface area (Å²) in [4.78, 5) is 15.5. The average molecular weight is 256 g/mol. The fourth-order valence-corrected chi connectivity index (χ4v) is 2.90. The van der Waals surface area contributed by atoms with E-state index < -0.39 is 5.97 Å². The van der Waals surface area contributed by atoms with Crippen molar-refractivity contribution >= 4 is 5.97 Å². The zero-order valence-corrected chi connectivity index (χ0v) is 11.2. The van der Waals surface area contributed by atoms with Crippen molar-refractivity contribution in [3.05, 3.63) is 0 Å². The highest BCUT2D eigenvalue weighted by Crippen LogP contribution is 2.18. The fraction of sp³-hybridized carbons (Fsp3) is 0.923. The number of rotatable bonds is 3. The van der Waals surface area contributed by atoms with Gasteiger partial charge < -0.3 is 9.84 Å². The molecule has 0 radical (unpaired) electrons. The maximum Gasteiger partial charge on any atom is 0.320 e. The summed E-state index contributed by atoms with van der Waals surface area (Å²) in [5.74, 6) is -0.716. The van der Waals surface area contributed by atoms with Crippen LogP contribution in [-0.2, 0) is 9.53 Å². The van der Waals surface area contributed by atoms with Crippen LogP contribution in [-0.4, -0.2) is 72.4 Å². The van der Waals surface area contributed by atoms with Crippen molar-refractivity contribution in [2.45, 2.75) is 38.3 Å². The molecule has 2 rings (SSSR count). The van der Waals surface area contributed by atoms with Crippen LogP contribution in [0.15, 0.2) is 0 Å². The highest BCUT2D eigenvalue weighted by molar-refractivity contribution is 5.72. The van der Waals surface area contributed by atoms with Gasteiger partial charge in [-0.2, -0.15) is 0 Å². The van der Waals surface area contributed by atoms with E-state index in [1.165, 1.54) is 6.42 Å². The zero-order valence-electron chi connectivity index (χ0n) is 11.2. The van der Waals surface area contributed by atoms with Gasteiger partial charge in [-0.15, -0.1) is 0 Å². The number of nitrogens with zero attached hydrogens (tertiary/aromatic N) is 2. The monoisotopic (exact) mass is 256 g/mol. The first-order valence-electron chi connectivity index (χ1n) is 6.97. The summed E-state index contributed by atoms with van der Waals surface area (Å²) in [6, 6.07) is 0.277. The number of carbonyl (C=O) groups is 1. The standard InChI is InChI=1S/C13H24N2O3/c1-11(13(16)17)14-5-7-15(8-6-14)12-3-2-9-18-10-4-12/h11-12H,2-10H2,1H3,(H,16,17). The molecule has 2 heterocycles. The van der Waals surface area contributed by atoms with Gasteiger partial charge in [-0.3, -0.25) is 14.6 Å². The van der Waals surface area contributed by atoms with Crippen molar-refractivity contribution < 1.29 is 14.6 Å². The molecule has 2 fully saturated rings. The smallest absolute Gasteiger partial charge is 0.320 e. The maximum atomic E-state index is 11.0. The van der Waals surface area contributed by atoms with E-state index in [1.54, 1.807) is 6.92 Å². The number of hydrogen-bond acceptors (Lipinski definition) is 4. The Balaban J connectivity index is 1.80. The Morgan fingerprint density at radius 3 is 2.61 bits per heavy atom. The van der Waals surface area contributed by atoms with Crippen LogP contribution < -0.4 is 0 Å². The van der Waals surface area contributed by atoms with E-state index in [9.17, 15) is 4.79 Å². The lowest BCUT2D eigenvalue weighted by atomic mass is 10.1. The van der Waals surface area contributed by atoms with Crippen molar-refractivity contribution in [1.82, 2.24) is 9.80 Å². The van der Waals surface area contributed by atoms with Gasteiger partial charge in [-0.05, 0) is 26.2 Å². The average Bonchev–Trinajstić information content (AvgIpc) is 2.67. The van der Waals surface area contributed by atoms with Gasteiger partial charge in [0, 0.05) is 45.4 Å². The quantitative estimate of drug-likeness (QED) is 0.803. The minimum atomic E-state index is -0.716. The molecule has 0 spiro atoms. The minimum absolute atomic E-state index is 0.357. The van der Waals surface area contributed by atoms with E-state index in [2.05, 4.69) is 9.80 Å². The van der Waals surface area contributed by atoms with Gasteiger partial charge in [0.2, 0.25) is 0 Å².